The highest BCUT2D eigenvalue weighted by atomic mass is 16.3. The standard InChI is InChI=1S/C14H18N4O3/c1-2-7-18-12(15)11(13(20)17-14(18)21)16-8-9-3-5-10(19)6-4-9/h3-6,16,19H,2,7-8,15H2,1H3,(H,17,20,21). The summed E-state index contributed by atoms with van der Waals surface area (Å²) in [4.78, 5) is 25.8. The molecule has 112 valence electrons. The molecule has 0 bridgehead atoms. The molecule has 1 aromatic carbocycles. The Morgan fingerprint density at radius 1 is 1.29 bits per heavy atom. The first-order valence-electron chi connectivity index (χ1n) is 6.67. The number of rotatable bonds is 5. The highest BCUT2D eigenvalue weighted by molar-refractivity contribution is 5.60. The van der Waals surface area contributed by atoms with Gasteiger partial charge < -0.3 is 16.2 Å². The van der Waals surface area contributed by atoms with Crippen molar-refractivity contribution in [3.8, 4) is 5.75 Å². The second kappa shape index (κ2) is 6.17. The first-order valence-corrected chi connectivity index (χ1v) is 6.67. The topological polar surface area (TPSA) is 113 Å². The zero-order valence-electron chi connectivity index (χ0n) is 11.7. The van der Waals surface area contributed by atoms with E-state index in [2.05, 4.69) is 10.3 Å². The van der Waals surface area contributed by atoms with Crippen LogP contribution in [0.5, 0.6) is 5.75 Å². The number of hydrogen-bond acceptors (Lipinski definition) is 5. The van der Waals surface area contributed by atoms with Crippen molar-refractivity contribution in [3.05, 3.63) is 50.7 Å². The number of phenols is 1. The summed E-state index contributed by atoms with van der Waals surface area (Å²) in [7, 11) is 0. The van der Waals surface area contributed by atoms with Gasteiger partial charge in [0.05, 0.1) is 0 Å². The van der Waals surface area contributed by atoms with Gasteiger partial charge >= 0.3 is 5.69 Å². The predicted molar refractivity (Wildman–Crippen MR) is 81.5 cm³/mol. The number of aromatic amines is 1. The molecule has 1 aromatic heterocycles. The molecule has 7 heteroatoms. The van der Waals surface area contributed by atoms with Crippen LogP contribution >= 0.6 is 0 Å². The summed E-state index contributed by atoms with van der Waals surface area (Å²) in [6, 6.07) is 6.58. The van der Waals surface area contributed by atoms with Crippen LogP contribution < -0.4 is 22.3 Å². The van der Waals surface area contributed by atoms with E-state index in [4.69, 9.17) is 5.73 Å². The van der Waals surface area contributed by atoms with Crippen molar-refractivity contribution in [2.24, 2.45) is 0 Å². The summed E-state index contributed by atoms with van der Waals surface area (Å²) in [5.74, 6) is 0.303. The van der Waals surface area contributed by atoms with Crippen LogP contribution in [0.2, 0.25) is 0 Å². The maximum Gasteiger partial charge on any atom is 0.330 e. The van der Waals surface area contributed by atoms with Gasteiger partial charge in [-0.2, -0.15) is 0 Å². The van der Waals surface area contributed by atoms with Crippen LogP contribution in [0.3, 0.4) is 0 Å². The maximum absolute atomic E-state index is 11.8. The minimum atomic E-state index is -0.538. The van der Waals surface area contributed by atoms with Crippen molar-refractivity contribution in [2.75, 3.05) is 11.1 Å². The molecular formula is C14H18N4O3. The van der Waals surface area contributed by atoms with Crippen molar-refractivity contribution in [3.63, 3.8) is 0 Å². The molecule has 2 aromatic rings. The molecule has 0 amide bonds. The molecule has 7 nitrogen and oxygen atoms in total. The molecule has 21 heavy (non-hydrogen) atoms. The molecule has 0 saturated heterocycles. The quantitative estimate of drug-likeness (QED) is 0.652. The lowest BCUT2D eigenvalue weighted by atomic mass is 10.2. The molecule has 0 radical (unpaired) electrons. The summed E-state index contributed by atoms with van der Waals surface area (Å²) in [6.07, 6.45) is 0.730. The lowest BCUT2D eigenvalue weighted by molar-refractivity contribution is 0.475. The second-order valence-corrected chi connectivity index (χ2v) is 4.69. The average Bonchev–Trinajstić information content (AvgIpc) is 2.45. The Morgan fingerprint density at radius 3 is 2.57 bits per heavy atom. The summed E-state index contributed by atoms with van der Waals surface area (Å²) < 4.78 is 1.33. The van der Waals surface area contributed by atoms with Gasteiger partial charge in [-0.1, -0.05) is 19.1 Å². The largest absolute Gasteiger partial charge is 0.508 e. The van der Waals surface area contributed by atoms with Gasteiger partial charge in [-0.05, 0) is 24.1 Å². The number of aromatic hydroxyl groups is 1. The Morgan fingerprint density at radius 2 is 1.95 bits per heavy atom. The van der Waals surface area contributed by atoms with Gasteiger partial charge in [-0.15, -0.1) is 0 Å². The summed E-state index contributed by atoms with van der Waals surface area (Å²) >= 11 is 0. The molecule has 0 aliphatic carbocycles. The molecule has 2 rings (SSSR count). The minimum absolute atomic E-state index is 0.129. The Bertz CT molecular complexity index is 731. The number of nitrogen functional groups attached to an aromatic ring is 1. The van der Waals surface area contributed by atoms with Crippen molar-refractivity contribution >= 4 is 11.5 Å². The van der Waals surface area contributed by atoms with Crippen LogP contribution in [0.1, 0.15) is 18.9 Å². The van der Waals surface area contributed by atoms with E-state index in [0.29, 0.717) is 13.1 Å². The van der Waals surface area contributed by atoms with E-state index in [1.54, 1.807) is 24.3 Å². The molecule has 0 fully saturated rings. The molecule has 0 saturated carbocycles. The zero-order chi connectivity index (χ0) is 15.4. The Hall–Kier alpha value is -2.70. The highest BCUT2D eigenvalue weighted by Crippen LogP contribution is 2.14. The van der Waals surface area contributed by atoms with Crippen molar-refractivity contribution in [2.45, 2.75) is 26.4 Å². The van der Waals surface area contributed by atoms with E-state index in [1.165, 1.54) is 4.57 Å². The van der Waals surface area contributed by atoms with E-state index in [0.717, 1.165) is 12.0 Å². The van der Waals surface area contributed by atoms with Gasteiger partial charge in [0.1, 0.15) is 17.3 Å². The van der Waals surface area contributed by atoms with Gasteiger partial charge in [-0.25, -0.2) is 4.79 Å². The molecular weight excluding hydrogens is 272 g/mol. The SMILES string of the molecule is CCCn1c(N)c(NCc2ccc(O)cc2)c(=O)[nH]c1=O. The predicted octanol–water partition coefficient (Wildman–Crippen LogP) is 0.847. The summed E-state index contributed by atoms with van der Waals surface area (Å²) in [5.41, 5.74) is 5.91. The molecule has 0 spiro atoms. The summed E-state index contributed by atoms with van der Waals surface area (Å²) in [5, 5.41) is 12.2. The molecule has 1 heterocycles. The smallest absolute Gasteiger partial charge is 0.330 e. The van der Waals surface area contributed by atoms with Crippen LogP contribution in [-0.4, -0.2) is 14.7 Å². The van der Waals surface area contributed by atoms with E-state index >= 15 is 0 Å². The monoisotopic (exact) mass is 290 g/mol. The molecule has 5 N–H and O–H groups in total. The first kappa shape index (κ1) is 14.7. The Labute approximate surface area is 121 Å². The lowest BCUT2D eigenvalue weighted by Crippen LogP contribution is -2.34. The van der Waals surface area contributed by atoms with E-state index in [9.17, 15) is 14.7 Å². The van der Waals surface area contributed by atoms with Crippen LogP contribution in [-0.2, 0) is 13.1 Å². The molecule has 0 unspecified atom stereocenters. The number of nitrogens with one attached hydrogen (secondary N) is 2. The fraction of sp³-hybridized carbons (Fsp3) is 0.286. The molecule has 0 aliphatic rings. The number of aromatic nitrogens is 2. The summed E-state index contributed by atoms with van der Waals surface area (Å²) in [6.45, 7) is 2.72. The van der Waals surface area contributed by atoms with Gasteiger partial charge in [0, 0.05) is 13.1 Å². The fourth-order valence-electron chi connectivity index (χ4n) is 2.01. The first-order chi connectivity index (χ1) is 10.0. The van der Waals surface area contributed by atoms with Gasteiger partial charge in [0.15, 0.2) is 0 Å². The molecule has 0 aliphatic heterocycles. The lowest BCUT2D eigenvalue weighted by Gasteiger charge is -2.13. The third-order valence-electron chi connectivity index (χ3n) is 3.09. The number of anilines is 2. The maximum atomic E-state index is 11.8. The van der Waals surface area contributed by atoms with Crippen molar-refractivity contribution in [1.82, 2.24) is 9.55 Å². The zero-order valence-corrected chi connectivity index (χ0v) is 11.7. The van der Waals surface area contributed by atoms with Crippen LogP contribution in [0.25, 0.3) is 0 Å². The highest BCUT2D eigenvalue weighted by Gasteiger charge is 2.11. The van der Waals surface area contributed by atoms with Crippen LogP contribution in [0.15, 0.2) is 33.9 Å². The van der Waals surface area contributed by atoms with E-state index < -0.39 is 11.2 Å². The number of phenolic OH excluding ortho intramolecular Hbond substituents is 1. The van der Waals surface area contributed by atoms with Gasteiger partial charge in [-0.3, -0.25) is 14.3 Å². The Balaban J connectivity index is 2.27. The number of H-pyrrole nitrogens is 1. The molecule has 0 atom stereocenters. The number of hydrogen-bond donors (Lipinski definition) is 4. The number of nitrogens with zero attached hydrogens (tertiary/aromatic N) is 1. The van der Waals surface area contributed by atoms with Crippen molar-refractivity contribution < 1.29 is 5.11 Å². The fourth-order valence-corrected chi connectivity index (χ4v) is 2.01. The Kier molecular flexibility index (Phi) is 4.32. The van der Waals surface area contributed by atoms with Crippen molar-refractivity contribution in [1.29, 1.82) is 0 Å². The van der Waals surface area contributed by atoms with E-state index in [1.807, 2.05) is 6.92 Å². The minimum Gasteiger partial charge on any atom is -0.508 e. The average molecular weight is 290 g/mol. The van der Waals surface area contributed by atoms with E-state index in [-0.39, 0.29) is 17.3 Å². The van der Waals surface area contributed by atoms with Crippen LogP contribution in [0.4, 0.5) is 11.5 Å². The normalized spacial score (nSPS) is 10.5. The number of nitrogens with two attached hydrogens (primary N) is 1. The number of benzene rings is 1. The second-order valence-electron chi connectivity index (χ2n) is 4.69. The van der Waals surface area contributed by atoms with Gasteiger partial charge in [0.25, 0.3) is 5.56 Å². The van der Waals surface area contributed by atoms with Gasteiger partial charge in [0.2, 0.25) is 0 Å². The van der Waals surface area contributed by atoms with Crippen LogP contribution in [0, 0.1) is 0 Å². The third-order valence-corrected chi connectivity index (χ3v) is 3.09. The third kappa shape index (κ3) is 3.25.